The van der Waals surface area contributed by atoms with E-state index < -0.39 is 17.8 Å². The minimum Gasteiger partial charge on any atom is -0.492 e. The molecule has 2 aromatic carbocycles. The van der Waals surface area contributed by atoms with Crippen molar-refractivity contribution in [2.24, 2.45) is 5.73 Å². The molecule has 0 radical (unpaired) electrons. The largest absolute Gasteiger partial charge is 0.492 e. The summed E-state index contributed by atoms with van der Waals surface area (Å²) in [6, 6.07) is 13.3. The lowest BCUT2D eigenvalue weighted by Crippen LogP contribution is -2.30. The molecule has 1 atom stereocenters. The molecule has 2 rings (SSSR count). The molecular weight excluding hydrogens is 369 g/mol. The van der Waals surface area contributed by atoms with Gasteiger partial charge in [-0.3, -0.25) is 4.79 Å². The number of nitrogens with two attached hydrogens (primary N) is 1. The first kappa shape index (κ1) is 21.8. The van der Waals surface area contributed by atoms with Gasteiger partial charge in [0, 0.05) is 12.5 Å². The number of rotatable bonds is 7. The lowest BCUT2D eigenvalue weighted by molar-refractivity contribution is -0.137. The second-order valence-electron chi connectivity index (χ2n) is 5.44. The maximum atomic E-state index is 12.4. The van der Waals surface area contributed by atoms with Gasteiger partial charge >= 0.3 is 6.18 Å². The van der Waals surface area contributed by atoms with Crippen molar-refractivity contribution in [1.82, 2.24) is 5.32 Å². The highest BCUT2D eigenvalue weighted by atomic mass is 35.5. The van der Waals surface area contributed by atoms with Crippen molar-refractivity contribution in [1.29, 1.82) is 0 Å². The molecule has 142 valence electrons. The molecule has 0 saturated heterocycles. The molecule has 0 aromatic heterocycles. The number of ether oxygens (including phenoxy) is 1. The van der Waals surface area contributed by atoms with Crippen LogP contribution in [0.15, 0.2) is 54.6 Å². The molecule has 1 amide bonds. The van der Waals surface area contributed by atoms with Gasteiger partial charge in [0.1, 0.15) is 12.4 Å². The first-order chi connectivity index (χ1) is 11.9. The number of amides is 1. The van der Waals surface area contributed by atoms with Crippen molar-refractivity contribution < 1.29 is 22.7 Å². The van der Waals surface area contributed by atoms with Crippen LogP contribution < -0.4 is 15.8 Å². The predicted octanol–water partition coefficient (Wildman–Crippen LogP) is 3.71. The number of nitrogens with one attached hydrogen (secondary N) is 1. The maximum Gasteiger partial charge on any atom is 0.416 e. The van der Waals surface area contributed by atoms with Crippen LogP contribution in [0.4, 0.5) is 13.2 Å². The van der Waals surface area contributed by atoms with Crippen molar-refractivity contribution in [3.8, 4) is 5.75 Å². The van der Waals surface area contributed by atoms with Crippen LogP contribution in [0.3, 0.4) is 0 Å². The smallest absolute Gasteiger partial charge is 0.416 e. The Morgan fingerprint density at radius 2 is 1.69 bits per heavy atom. The van der Waals surface area contributed by atoms with E-state index >= 15 is 0 Å². The van der Waals surface area contributed by atoms with Gasteiger partial charge in [-0.15, -0.1) is 12.4 Å². The predicted molar refractivity (Wildman–Crippen MR) is 95.2 cm³/mol. The number of carbonyl (C=O) groups is 1. The Morgan fingerprint density at radius 1 is 1.08 bits per heavy atom. The highest BCUT2D eigenvalue weighted by molar-refractivity contribution is 5.85. The van der Waals surface area contributed by atoms with Crippen LogP contribution in [0, 0.1) is 0 Å². The number of hydrogen-bond acceptors (Lipinski definition) is 3. The van der Waals surface area contributed by atoms with E-state index in [0.717, 1.165) is 17.7 Å². The molecule has 0 aliphatic heterocycles. The summed E-state index contributed by atoms with van der Waals surface area (Å²) in [5.41, 5.74) is 6.10. The van der Waals surface area contributed by atoms with Gasteiger partial charge in [0.25, 0.3) is 0 Å². The summed E-state index contributed by atoms with van der Waals surface area (Å²) >= 11 is 0. The van der Waals surface area contributed by atoms with Crippen molar-refractivity contribution in [2.45, 2.75) is 18.6 Å². The summed E-state index contributed by atoms with van der Waals surface area (Å²) in [4.78, 5) is 11.8. The normalized spacial score (nSPS) is 12.0. The maximum absolute atomic E-state index is 12.4. The fourth-order valence-electron chi connectivity index (χ4n) is 2.19. The molecule has 0 saturated carbocycles. The average Bonchev–Trinajstić information content (AvgIpc) is 2.59. The number of carbonyl (C=O) groups excluding carboxylic acids is 1. The van der Waals surface area contributed by atoms with Crippen LogP contribution >= 0.6 is 12.4 Å². The van der Waals surface area contributed by atoms with E-state index in [-0.39, 0.29) is 37.9 Å². The third kappa shape index (κ3) is 6.93. The van der Waals surface area contributed by atoms with E-state index in [0.29, 0.717) is 5.75 Å². The summed E-state index contributed by atoms with van der Waals surface area (Å²) < 4.78 is 42.6. The van der Waals surface area contributed by atoms with Crippen LogP contribution in [0.25, 0.3) is 0 Å². The van der Waals surface area contributed by atoms with Crippen LogP contribution in [0.2, 0.25) is 0 Å². The Kier molecular flexibility index (Phi) is 8.41. The first-order valence-corrected chi connectivity index (χ1v) is 7.73. The molecule has 0 spiro atoms. The van der Waals surface area contributed by atoms with Crippen LogP contribution in [-0.4, -0.2) is 19.1 Å². The van der Waals surface area contributed by atoms with Gasteiger partial charge in [-0.05, 0) is 29.8 Å². The summed E-state index contributed by atoms with van der Waals surface area (Å²) in [5.74, 6) is 0.0932. The van der Waals surface area contributed by atoms with Gasteiger partial charge < -0.3 is 15.8 Å². The molecule has 0 heterocycles. The fourth-order valence-corrected chi connectivity index (χ4v) is 2.19. The van der Waals surface area contributed by atoms with Crippen molar-refractivity contribution in [3.63, 3.8) is 0 Å². The van der Waals surface area contributed by atoms with Gasteiger partial charge in [0.15, 0.2) is 0 Å². The quantitative estimate of drug-likeness (QED) is 0.711. The van der Waals surface area contributed by atoms with Gasteiger partial charge in [-0.2, -0.15) is 13.2 Å². The molecule has 26 heavy (non-hydrogen) atoms. The molecule has 1 unspecified atom stereocenters. The Balaban J connectivity index is 0.00000338. The van der Waals surface area contributed by atoms with E-state index in [9.17, 15) is 18.0 Å². The topological polar surface area (TPSA) is 64.4 Å². The fraction of sp³-hybridized carbons (Fsp3) is 0.278. The molecular formula is C18H20ClF3N2O2. The third-order valence-electron chi connectivity index (χ3n) is 3.51. The Labute approximate surface area is 155 Å². The van der Waals surface area contributed by atoms with E-state index in [1.165, 1.54) is 12.1 Å². The Hall–Kier alpha value is -2.25. The standard InChI is InChI=1S/C18H19F3N2O2.ClH/c19-18(20,21)14-6-8-15(9-7-14)25-11-10-23-17(24)12-16(22)13-4-2-1-3-5-13;/h1-9,16H,10-12,22H2,(H,23,24);1H. The minimum absolute atomic E-state index is 0. The van der Waals surface area contributed by atoms with E-state index in [2.05, 4.69) is 5.32 Å². The number of benzene rings is 2. The Morgan fingerprint density at radius 3 is 2.27 bits per heavy atom. The van der Waals surface area contributed by atoms with Crippen molar-refractivity contribution in [2.75, 3.05) is 13.2 Å². The van der Waals surface area contributed by atoms with Crippen LogP contribution in [0.1, 0.15) is 23.6 Å². The zero-order valence-electron chi connectivity index (χ0n) is 13.8. The van der Waals surface area contributed by atoms with Gasteiger partial charge in [0.2, 0.25) is 5.91 Å². The molecule has 3 N–H and O–H groups in total. The van der Waals surface area contributed by atoms with E-state index in [1.54, 1.807) is 0 Å². The zero-order valence-corrected chi connectivity index (χ0v) is 14.6. The molecule has 0 aliphatic carbocycles. The van der Waals surface area contributed by atoms with Gasteiger partial charge in [-0.25, -0.2) is 0 Å². The monoisotopic (exact) mass is 388 g/mol. The molecule has 0 aliphatic rings. The number of halogens is 4. The van der Waals surface area contributed by atoms with Crippen molar-refractivity contribution in [3.05, 3.63) is 65.7 Å². The van der Waals surface area contributed by atoms with Gasteiger partial charge in [0.05, 0.1) is 12.1 Å². The van der Waals surface area contributed by atoms with Crippen LogP contribution in [0.5, 0.6) is 5.75 Å². The van der Waals surface area contributed by atoms with E-state index in [1.807, 2.05) is 30.3 Å². The summed E-state index contributed by atoms with van der Waals surface area (Å²) in [5, 5.41) is 2.67. The lowest BCUT2D eigenvalue weighted by atomic mass is 10.0. The second kappa shape index (κ2) is 10.0. The highest BCUT2D eigenvalue weighted by Gasteiger charge is 2.29. The average molecular weight is 389 g/mol. The lowest BCUT2D eigenvalue weighted by Gasteiger charge is -2.13. The third-order valence-corrected chi connectivity index (χ3v) is 3.51. The molecule has 8 heteroatoms. The SMILES string of the molecule is Cl.NC(CC(=O)NCCOc1ccc(C(F)(F)F)cc1)c1ccccc1. The highest BCUT2D eigenvalue weighted by Crippen LogP contribution is 2.30. The summed E-state index contributed by atoms with van der Waals surface area (Å²) in [7, 11) is 0. The zero-order chi connectivity index (χ0) is 18.3. The Bertz CT molecular complexity index is 679. The van der Waals surface area contributed by atoms with Gasteiger partial charge in [-0.1, -0.05) is 30.3 Å². The molecule has 4 nitrogen and oxygen atoms in total. The molecule has 2 aromatic rings. The number of hydrogen-bond donors (Lipinski definition) is 2. The van der Waals surface area contributed by atoms with Crippen molar-refractivity contribution >= 4 is 18.3 Å². The van der Waals surface area contributed by atoms with E-state index in [4.69, 9.17) is 10.5 Å². The second-order valence-corrected chi connectivity index (χ2v) is 5.44. The first-order valence-electron chi connectivity index (χ1n) is 7.73. The summed E-state index contributed by atoms with van der Waals surface area (Å²) in [6.45, 7) is 0.388. The molecule has 0 fully saturated rings. The summed E-state index contributed by atoms with van der Waals surface area (Å²) in [6.07, 6.45) is -4.23. The number of alkyl halides is 3. The van der Waals surface area contributed by atoms with Crippen LogP contribution in [-0.2, 0) is 11.0 Å². The molecule has 0 bridgehead atoms. The minimum atomic E-state index is -4.37.